The Bertz CT molecular complexity index is 317. The highest BCUT2D eigenvalue weighted by Crippen LogP contribution is 2.26. The first-order valence-electron chi connectivity index (χ1n) is 4.44. The van der Waals surface area contributed by atoms with Gasteiger partial charge in [-0.05, 0) is 24.1 Å². The zero-order chi connectivity index (χ0) is 10.7. The molecule has 1 aromatic rings. The zero-order valence-electron chi connectivity index (χ0n) is 7.87. The molecule has 0 unspecified atom stereocenters. The van der Waals surface area contributed by atoms with E-state index >= 15 is 0 Å². The molecule has 0 fully saturated rings. The van der Waals surface area contributed by atoms with E-state index in [2.05, 4.69) is 0 Å². The van der Waals surface area contributed by atoms with E-state index in [0.29, 0.717) is 16.5 Å². The number of halogens is 2. The summed E-state index contributed by atoms with van der Waals surface area (Å²) >= 11 is 11.6. The molecule has 78 valence electrons. The summed E-state index contributed by atoms with van der Waals surface area (Å²) < 4.78 is 0. The Morgan fingerprint density at radius 3 is 2.50 bits per heavy atom. The van der Waals surface area contributed by atoms with E-state index in [-0.39, 0.29) is 0 Å². The second-order valence-corrected chi connectivity index (χ2v) is 3.99. The van der Waals surface area contributed by atoms with Crippen LogP contribution in [0.2, 0.25) is 10.0 Å². The number of aliphatic hydroxyl groups is 1. The summed E-state index contributed by atoms with van der Waals surface area (Å²) in [4.78, 5) is 0. The minimum absolute atomic E-state index is 0.408. The number of aliphatic hydroxyl groups excluding tert-OH is 1. The average Bonchev–Trinajstić information content (AvgIpc) is 2.20. The van der Waals surface area contributed by atoms with Crippen LogP contribution in [0.3, 0.4) is 0 Å². The summed E-state index contributed by atoms with van der Waals surface area (Å²) in [6.45, 7) is 1.88. The molecule has 2 atom stereocenters. The molecule has 1 aromatic carbocycles. The van der Waals surface area contributed by atoms with Gasteiger partial charge >= 0.3 is 0 Å². The molecule has 0 saturated heterocycles. The Morgan fingerprint density at radius 1 is 1.36 bits per heavy atom. The van der Waals surface area contributed by atoms with Crippen molar-refractivity contribution < 1.29 is 5.11 Å². The molecular weight excluding hydrogens is 221 g/mol. The Hall–Kier alpha value is -0.280. The molecule has 0 spiro atoms. The second kappa shape index (κ2) is 4.99. The highest BCUT2D eigenvalue weighted by Gasteiger charge is 2.15. The molecule has 4 heteroatoms. The minimum Gasteiger partial charge on any atom is -0.391 e. The largest absolute Gasteiger partial charge is 0.391 e. The maximum Gasteiger partial charge on any atom is 0.0730 e. The average molecular weight is 234 g/mol. The van der Waals surface area contributed by atoms with Crippen molar-refractivity contribution in [2.75, 3.05) is 0 Å². The molecule has 0 aliphatic carbocycles. The maximum absolute atomic E-state index is 9.54. The fraction of sp³-hybridized carbons (Fsp3) is 0.400. The van der Waals surface area contributed by atoms with Crippen molar-refractivity contribution >= 4 is 23.2 Å². The fourth-order valence-corrected chi connectivity index (χ4v) is 1.50. The van der Waals surface area contributed by atoms with Crippen molar-refractivity contribution in [2.45, 2.75) is 25.5 Å². The lowest BCUT2D eigenvalue weighted by Crippen LogP contribution is -2.25. The lowest BCUT2D eigenvalue weighted by atomic mass is 10.0. The van der Waals surface area contributed by atoms with Gasteiger partial charge in [-0.15, -0.1) is 0 Å². The van der Waals surface area contributed by atoms with E-state index in [9.17, 15) is 5.11 Å². The molecule has 1 rings (SSSR count). The maximum atomic E-state index is 9.54. The van der Waals surface area contributed by atoms with Gasteiger partial charge in [0.25, 0.3) is 0 Å². The zero-order valence-corrected chi connectivity index (χ0v) is 9.39. The lowest BCUT2D eigenvalue weighted by Gasteiger charge is -2.17. The predicted molar refractivity (Wildman–Crippen MR) is 59.7 cm³/mol. The normalized spacial score (nSPS) is 15.2. The Labute approximate surface area is 93.6 Å². The van der Waals surface area contributed by atoms with Gasteiger partial charge in [-0.2, -0.15) is 0 Å². The molecule has 0 bridgehead atoms. The van der Waals surface area contributed by atoms with Crippen LogP contribution in [-0.4, -0.2) is 11.2 Å². The topological polar surface area (TPSA) is 46.2 Å². The van der Waals surface area contributed by atoms with E-state index < -0.39 is 12.1 Å². The number of benzene rings is 1. The van der Waals surface area contributed by atoms with Crippen LogP contribution in [-0.2, 0) is 0 Å². The Kier molecular flexibility index (Phi) is 4.20. The first-order chi connectivity index (χ1) is 6.56. The molecule has 0 saturated carbocycles. The summed E-state index contributed by atoms with van der Waals surface area (Å²) in [5.41, 5.74) is 6.62. The van der Waals surface area contributed by atoms with Crippen LogP contribution < -0.4 is 5.73 Å². The third-order valence-electron chi connectivity index (χ3n) is 2.16. The first-order valence-corrected chi connectivity index (χ1v) is 5.20. The van der Waals surface area contributed by atoms with Crippen molar-refractivity contribution in [3.8, 4) is 0 Å². The van der Waals surface area contributed by atoms with Gasteiger partial charge in [0.05, 0.1) is 22.2 Å². The SMILES string of the molecule is CC[C@@H](O)[C@@H](N)c1ccc(Cl)c(Cl)c1. The molecular formula is C10H13Cl2NO. The molecule has 0 aromatic heterocycles. The van der Waals surface area contributed by atoms with Gasteiger partial charge in [0.1, 0.15) is 0 Å². The summed E-state index contributed by atoms with van der Waals surface area (Å²) in [6.07, 6.45) is 0.0637. The highest BCUT2D eigenvalue weighted by atomic mass is 35.5. The second-order valence-electron chi connectivity index (χ2n) is 3.17. The molecule has 0 aliphatic heterocycles. The third kappa shape index (κ3) is 2.61. The quantitative estimate of drug-likeness (QED) is 0.844. The molecule has 0 heterocycles. The summed E-state index contributed by atoms with van der Waals surface area (Å²) in [5, 5.41) is 10.5. The molecule has 2 nitrogen and oxygen atoms in total. The Morgan fingerprint density at radius 2 is 2.00 bits per heavy atom. The number of rotatable bonds is 3. The van der Waals surface area contributed by atoms with Gasteiger partial charge in [-0.3, -0.25) is 0 Å². The van der Waals surface area contributed by atoms with Gasteiger partial charge in [0.15, 0.2) is 0 Å². The van der Waals surface area contributed by atoms with Crippen LogP contribution in [0, 0.1) is 0 Å². The van der Waals surface area contributed by atoms with Crippen LogP contribution in [0.25, 0.3) is 0 Å². The van der Waals surface area contributed by atoms with Crippen LogP contribution >= 0.6 is 23.2 Å². The van der Waals surface area contributed by atoms with Gasteiger partial charge in [0, 0.05) is 0 Å². The molecule has 14 heavy (non-hydrogen) atoms. The van der Waals surface area contributed by atoms with E-state index in [1.54, 1.807) is 18.2 Å². The van der Waals surface area contributed by atoms with Gasteiger partial charge < -0.3 is 10.8 Å². The van der Waals surface area contributed by atoms with Crippen LogP contribution in [0.5, 0.6) is 0 Å². The summed E-state index contributed by atoms with van der Waals surface area (Å²) in [5.74, 6) is 0. The van der Waals surface area contributed by atoms with E-state index in [1.165, 1.54) is 0 Å². The van der Waals surface area contributed by atoms with Crippen molar-refractivity contribution in [1.29, 1.82) is 0 Å². The highest BCUT2D eigenvalue weighted by molar-refractivity contribution is 6.42. The number of hydrogen-bond donors (Lipinski definition) is 2. The van der Waals surface area contributed by atoms with Crippen molar-refractivity contribution in [1.82, 2.24) is 0 Å². The van der Waals surface area contributed by atoms with Crippen molar-refractivity contribution in [2.24, 2.45) is 5.73 Å². The minimum atomic E-state index is -0.549. The van der Waals surface area contributed by atoms with Gasteiger partial charge in [0.2, 0.25) is 0 Å². The fourth-order valence-electron chi connectivity index (χ4n) is 1.20. The van der Waals surface area contributed by atoms with E-state index in [4.69, 9.17) is 28.9 Å². The standard InChI is InChI=1S/C10H13Cl2NO/c1-2-9(14)10(13)6-3-4-7(11)8(12)5-6/h3-5,9-10,14H,2,13H2,1H3/t9-,10+/m1/s1. The van der Waals surface area contributed by atoms with Crippen molar-refractivity contribution in [3.63, 3.8) is 0 Å². The lowest BCUT2D eigenvalue weighted by molar-refractivity contribution is 0.141. The summed E-state index contributed by atoms with van der Waals surface area (Å²) in [7, 11) is 0. The van der Waals surface area contributed by atoms with Gasteiger partial charge in [-0.1, -0.05) is 36.2 Å². The molecule has 0 amide bonds. The summed E-state index contributed by atoms with van der Waals surface area (Å²) in [6, 6.07) is 4.74. The molecule has 0 radical (unpaired) electrons. The van der Waals surface area contributed by atoms with Gasteiger partial charge in [-0.25, -0.2) is 0 Å². The van der Waals surface area contributed by atoms with Crippen molar-refractivity contribution in [3.05, 3.63) is 33.8 Å². The van der Waals surface area contributed by atoms with E-state index in [0.717, 1.165) is 5.56 Å². The smallest absolute Gasteiger partial charge is 0.0730 e. The van der Waals surface area contributed by atoms with Crippen LogP contribution in [0.1, 0.15) is 24.9 Å². The van der Waals surface area contributed by atoms with Crippen LogP contribution in [0.4, 0.5) is 0 Å². The Balaban J connectivity index is 2.91. The van der Waals surface area contributed by atoms with Crippen LogP contribution in [0.15, 0.2) is 18.2 Å². The number of hydrogen-bond acceptors (Lipinski definition) is 2. The predicted octanol–water partition coefficient (Wildman–Crippen LogP) is 2.76. The third-order valence-corrected chi connectivity index (χ3v) is 2.90. The molecule has 3 N–H and O–H groups in total. The van der Waals surface area contributed by atoms with E-state index in [1.807, 2.05) is 6.92 Å². The molecule has 0 aliphatic rings. The first kappa shape index (κ1) is 11.8. The monoisotopic (exact) mass is 233 g/mol. The number of nitrogens with two attached hydrogens (primary N) is 1.